The average Bonchev–Trinajstić information content (AvgIpc) is 2.47. The Labute approximate surface area is 107 Å². The second kappa shape index (κ2) is 4.86. The molecule has 3 heteroatoms. The molecule has 1 aliphatic carbocycles. The molecule has 1 heterocycles. The van der Waals surface area contributed by atoms with Crippen molar-refractivity contribution in [3.8, 4) is 0 Å². The zero-order valence-corrected chi connectivity index (χ0v) is 10.2. The second-order valence-electron chi connectivity index (χ2n) is 4.75. The van der Waals surface area contributed by atoms with Gasteiger partial charge in [0.05, 0.1) is 6.61 Å². The summed E-state index contributed by atoms with van der Waals surface area (Å²) in [5.74, 6) is 1.18. The average molecular weight is 240 g/mol. The van der Waals surface area contributed by atoms with E-state index in [0.717, 1.165) is 24.2 Å². The standard InChI is InChI=1S/C15H16N2O/c18-10-11-8-16-15(17-9-11)14-7-3-5-12-4-1-2-6-13(12)14/h1-2,4,6,8-9,14,18H,3,5,7,10H2. The van der Waals surface area contributed by atoms with Gasteiger partial charge < -0.3 is 5.11 Å². The van der Waals surface area contributed by atoms with Crippen LogP contribution < -0.4 is 0 Å². The number of hydrogen-bond acceptors (Lipinski definition) is 3. The Bertz CT molecular complexity index is 536. The van der Waals surface area contributed by atoms with Crippen molar-refractivity contribution in [1.29, 1.82) is 0 Å². The largest absolute Gasteiger partial charge is 0.392 e. The molecule has 92 valence electrons. The van der Waals surface area contributed by atoms with Gasteiger partial charge in [0.2, 0.25) is 0 Å². The van der Waals surface area contributed by atoms with E-state index >= 15 is 0 Å². The van der Waals surface area contributed by atoms with Crippen molar-refractivity contribution in [2.45, 2.75) is 31.8 Å². The van der Waals surface area contributed by atoms with Crippen LogP contribution in [0.3, 0.4) is 0 Å². The maximum Gasteiger partial charge on any atom is 0.135 e. The minimum absolute atomic E-state index is 0.00152. The van der Waals surface area contributed by atoms with Gasteiger partial charge in [0.25, 0.3) is 0 Å². The third kappa shape index (κ3) is 2.02. The fraction of sp³-hybridized carbons (Fsp3) is 0.333. The van der Waals surface area contributed by atoms with Crippen LogP contribution in [0.5, 0.6) is 0 Å². The van der Waals surface area contributed by atoms with Gasteiger partial charge in [-0.1, -0.05) is 24.3 Å². The van der Waals surface area contributed by atoms with Crippen molar-refractivity contribution in [3.63, 3.8) is 0 Å². The molecule has 1 aliphatic rings. The molecule has 18 heavy (non-hydrogen) atoms. The summed E-state index contributed by atoms with van der Waals surface area (Å²) in [6, 6.07) is 8.56. The third-order valence-corrected chi connectivity index (χ3v) is 3.59. The highest BCUT2D eigenvalue weighted by atomic mass is 16.3. The molecule has 0 bridgehead atoms. The fourth-order valence-corrected chi connectivity index (χ4v) is 2.65. The van der Waals surface area contributed by atoms with Crippen LogP contribution in [-0.2, 0) is 13.0 Å². The molecule has 3 nitrogen and oxygen atoms in total. The van der Waals surface area contributed by atoms with E-state index in [-0.39, 0.29) is 6.61 Å². The highest BCUT2D eigenvalue weighted by Crippen LogP contribution is 2.34. The van der Waals surface area contributed by atoms with Gasteiger partial charge in [0.1, 0.15) is 5.82 Å². The minimum atomic E-state index is 0.00152. The highest BCUT2D eigenvalue weighted by Gasteiger charge is 2.23. The Morgan fingerprint density at radius 3 is 2.72 bits per heavy atom. The number of hydrogen-bond donors (Lipinski definition) is 1. The summed E-state index contributed by atoms with van der Waals surface area (Å²) in [6.45, 7) is 0.00152. The summed E-state index contributed by atoms with van der Waals surface area (Å²) in [7, 11) is 0. The Hall–Kier alpha value is -1.74. The van der Waals surface area contributed by atoms with Crippen molar-refractivity contribution in [2.24, 2.45) is 0 Å². The zero-order valence-electron chi connectivity index (χ0n) is 10.2. The lowest BCUT2D eigenvalue weighted by Gasteiger charge is -2.24. The van der Waals surface area contributed by atoms with Crippen LogP contribution in [0.4, 0.5) is 0 Å². The molecular weight excluding hydrogens is 224 g/mol. The van der Waals surface area contributed by atoms with Crippen LogP contribution in [0.1, 0.15) is 41.3 Å². The third-order valence-electron chi connectivity index (χ3n) is 3.59. The zero-order chi connectivity index (χ0) is 12.4. The number of aromatic nitrogens is 2. The first kappa shape index (κ1) is 11.4. The lowest BCUT2D eigenvalue weighted by molar-refractivity contribution is 0.280. The van der Waals surface area contributed by atoms with Crippen molar-refractivity contribution < 1.29 is 5.11 Å². The van der Waals surface area contributed by atoms with E-state index < -0.39 is 0 Å². The molecule has 0 saturated carbocycles. The van der Waals surface area contributed by atoms with E-state index in [9.17, 15) is 0 Å². The molecule has 0 fully saturated rings. The molecular formula is C15H16N2O. The first-order valence-corrected chi connectivity index (χ1v) is 6.38. The Balaban J connectivity index is 1.97. The summed E-state index contributed by atoms with van der Waals surface area (Å²) in [5.41, 5.74) is 3.55. The van der Waals surface area contributed by atoms with Gasteiger partial charge in [-0.25, -0.2) is 9.97 Å². The van der Waals surface area contributed by atoms with E-state index in [2.05, 4.69) is 34.2 Å². The quantitative estimate of drug-likeness (QED) is 0.877. The number of aliphatic hydroxyl groups is 1. The van der Waals surface area contributed by atoms with Crippen molar-refractivity contribution in [3.05, 3.63) is 59.2 Å². The number of fused-ring (bicyclic) bond motifs is 1. The molecule has 1 aromatic heterocycles. The molecule has 0 amide bonds. The number of aryl methyl sites for hydroxylation is 1. The second-order valence-corrected chi connectivity index (χ2v) is 4.75. The molecule has 0 radical (unpaired) electrons. The van der Waals surface area contributed by atoms with E-state index in [0.29, 0.717) is 5.92 Å². The monoisotopic (exact) mass is 240 g/mol. The first-order chi connectivity index (χ1) is 8.88. The van der Waals surface area contributed by atoms with E-state index in [1.54, 1.807) is 12.4 Å². The molecule has 0 spiro atoms. The molecule has 1 unspecified atom stereocenters. The first-order valence-electron chi connectivity index (χ1n) is 6.38. The Morgan fingerprint density at radius 2 is 1.94 bits per heavy atom. The van der Waals surface area contributed by atoms with Crippen LogP contribution >= 0.6 is 0 Å². The smallest absolute Gasteiger partial charge is 0.135 e. The SMILES string of the molecule is OCc1cnc(C2CCCc3ccccc32)nc1. The lowest BCUT2D eigenvalue weighted by Crippen LogP contribution is -2.13. The molecule has 0 saturated heterocycles. The van der Waals surface area contributed by atoms with Crippen molar-refractivity contribution >= 4 is 0 Å². The molecule has 3 rings (SSSR count). The van der Waals surface area contributed by atoms with E-state index in [1.807, 2.05) is 0 Å². The highest BCUT2D eigenvalue weighted by molar-refractivity contribution is 5.36. The molecule has 1 N–H and O–H groups in total. The van der Waals surface area contributed by atoms with Crippen LogP contribution in [-0.4, -0.2) is 15.1 Å². The van der Waals surface area contributed by atoms with Gasteiger partial charge in [-0.2, -0.15) is 0 Å². The predicted octanol–water partition coefficient (Wildman–Crippen LogP) is 2.44. The summed E-state index contributed by atoms with van der Waals surface area (Å²) in [4.78, 5) is 8.80. The van der Waals surface area contributed by atoms with E-state index in [1.165, 1.54) is 17.5 Å². The Morgan fingerprint density at radius 1 is 1.17 bits per heavy atom. The van der Waals surface area contributed by atoms with Crippen LogP contribution in [0.2, 0.25) is 0 Å². The van der Waals surface area contributed by atoms with Crippen LogP contribution in [0.15, 0.2) is 36.7 Å². The van der Waals surface area contributed by atoms with E-state index in [4.69, 9.17) is 5.11 Å². The molecule has 2 aromatic rings. The van der Waals surface area contributed by atoms with Gasteiger partial charge in [-0.05, 0) is 30.4 Å². The summed E-state index contributed by atoms with van der Waals surface area (Å²) in [6.07, 6.45) is 6.89. The molecule has 1 atom stereocenters. The summed E-state index contributed by atoms with van der Waals surface area (Å²) >= 11 is 0. The maximum atomic E-state index is 9.02. The summed E-state index contributed by atoms with van der Waals surface area (Å²) < 4.78 is 0. The van der Waals surface area contributed by atoms with Crippen LogP contribution in [0, 0.1) is 0 Å². The lowest BCUT2D eigenvalue weighted by atomic mass is 9.82. The number of nitrogens with zero attached hydrogens (tertiary/aromatic N) is 2. The Kier molecular flexibility index (Phi) is 3.07. The van der Waals surface area contributed by atoms with Gasteiger partial charge in [-0.15, -0.1) is 0 Å². The van der Waals surface area contributed by atoms with Crippen molar-refractivity contribution in [2.75, 3.05) is 0 Å². The number of benzene rings is 1. The molecule has 1 aromatic carbocycles. The fourth-order valence-electron chi connectivity index (χ4n) is 2.65. The maximum absolute atomic E-state index is 9.02. The number of aliphatic hydroxyl groups excluding tert-OH is 1. The van der Waals surface area contributed by atoms with Crippen LogP contribution in [0.25, 0.3) is 0 Å². The minimum Gasteiger partial charge on any atom is -0.392 e. The topological polar surface area (TPSA) is 46.0 Å². The van der Waals surface area contributed by atoms with Gasteiger partial charge in [0.15, 0.2) is 0 Å². The molecule has 0 aliphatic heterocycles. The van der Waals surface area contributed by atoms with Gasteiger partial charge in [0, 0.05) is 23.9 Å². The summed E-state index contributed by atoms with van der Waals surface area (Å²) in [5, 5.41) is 9.02. The predicted molar refractivity (Wildman–Crippen MR) is 69.2 cm³/mol. The van der Waals surface area contributed by atoms with Gasteiger partial charge in [-0.3, -0.25) is 0 Å². The normalized spacial score (nSPS) is 18.4. The van der Waals surface area contributed by atoms with Crippen molar-refractivity contribution in [1.82, 2.24) is 9.97 Å². The van der Waals surface area contributed by atoms with Gasteiger partial charge >= 0.3 is 0 Å². The number of rotatable bonds is 2.